The molecule has 1 unspecified atom stereocenters. The second-order valence-corrected chi connectivity index (χ2v) is 4.99. The number of benzene rings is 1. The van der Waals surface area contributed by atoms with Crippen LogP contribution in [0.15, 0.2) is 18.2 Å². The Balaban J connectivity index is 2.68. The van der Waals surface area contributed by atoms with Crippen LogP contribution in [0.5, 0.6) is 11.5 Å². The van der Waals surface area contributed by atoms with E-state index in [1.165, 1.54) is 5.56 Å². The van der Waals surface area contributed by atoms with Gasteiger partial charge >= 0.3 is 0 Å². The minimum atomic E-state index is 0.121. The first-order valence-electron chi connectivity index (χ1n) is 7.41. The molecule has 1 rings (SSSR count). The van der Waals surface area contributed by atoms with Crippen LogP contribution in [-0.2, 0) is 6.54 Å². The molecule has 0 saturated carbocycles. The van der Waals surface area contributed by atoms with Gasteiger partial charge in [-0.1, -0.05) is 19.9 Å². The lowest BCUT2D eigenvalue weighted by Crippen LogP contribution is -2.14. The first kappa shape index (κ1) is 16.8. The summed E-state index contributed by atoms with van der Waals surface area (Å²) in [5.41, 5.74) is 1.18. The largest absolute Gasteiger partial charge is 0.490 e. The Hall–Kier alpha value is -1.26. The van der Waals surface area contributed by atoms with Crippen molar-refractivity contribution in [3.05, 3.63) is 23.8 Å². The average molecular weight is 281 g/mol. The molecule has 0 fully saturated rings. The van der Waals surface area contributed by atoms with E-state index in [1.807, 2.05) is 32.0 Å². The molecule has 0 saturated heterocycles. The number of rotatable bonds is 10. The highest BCUT2D eigenvalue weighted by Gasteiger charge is 2.08. The fourth-order valence-electron chi connectivity index (χ4n) is 1.74. The van der Waals surface area contributed by atoms with E-state index in [2.05, 4.69) is 12.2 Å². The Morgan fingerprint density at radius 2 is 2.00 bits per heavy atom. The quantitative estimate of drug-likeness (QED) is 0.647. The van der Waals surface area contributed by atoms with E-state index < -0.39 is 0 Å². The summed E-state index contributed by atoms with van der Waals surface area (Å²) in [4.78, 5) is 0. The van der Waals surface area contributed by atoms with E-state index >= 15 is 0 Å². The molecule has 0 aliphatic heterocycles. The molecule has 0 spiro atoms. The summed E-state index contributed by atoms with van der Waals surface area (Å²) in [6.45, 7) is 9.13. The molecule has 4 nitrogen and oxygen atoms in total. The van der Waals surface area contributed by atoms with Gasteiger partial charge in [-0.05, 0) is 37.6 Å². The van der Waals surface area contributed by atoms with Crippen LogP contribution >= 0.6 is 0 Å². The second-order valence-electron chi connectivity index (χ2n) is 4.99. The molecule has 0 amide bonds. The molecule has 0 heterocycles. The molecular weight excluding hydrogens is 254 g/mol. The predicted molar refractivity (Wildman–Crippen MR) is 81.4 cm³/mol. The van der Waals surface area contributed by atoms with Gasteiger partial charge in [0.1, 0.15) is 0 Å². The molecule has 4 heteroatoms. The van der Waals surface area contributed by atoms with Crippen molar-refractivity contribution in [2.24, 2.45) is 5.92 Å². The van der Waals surface area contributed by atoms with E-state index in [0.717, 1.165) is 31.0 Å². The predicted octanol–water partition coefficient (Wildman–Crippen LogP) is 2.59. The zero-order valence-corrected chi connectivity index (χ0v) is 12.8. The molecule has 0 aliphatic rings. The van der Waals surface area contributed by atoms with Gasteiger partial charge in [-0.3, -0.25) is 0 Å². The van der Waals surface area contributed by atoms with Gasteiger partial charge in [-0.25, -0.2) is 0 Å². The molecule has 1 atom stereocenters. The summed E-state index contributed by atoms with van der Waals surface area (Å²) in [7, 11) is 0. The highest BCUT2D eigenvalue weighted by molar-refractivity contribution is 5.43. The van der Waals surface area contributed by atoms with E-state index in [4.69, 9.17) is 14.6 Å². The van der Waals surface area contributed by atoms with Gasteiger partial charge < -0.3 is 19.9 Å². The highest BCUT2D eigenvalue weighted by atomic mass is 16.5. The molecule has 0 aliphatic carbocycles. The fourth-order valence-corrected chi connectivity index (χ4v) is 1.74. The summed E-state index contributed by atoms with van der Waals surface area (Å²) in [6, 6.07) is 6.01. The number of ether oxygens (including phenoxy) is 2. The molecule has 0 radical (unpaired) electrons. The zero-order valence-electron chi connectivity index (χ0n) is 12.8. The van der Waals surface area contributed by atoms with Crippen LogP contribution < -0.4 is 14.8 Å². The lowest BCUT2D eigenvalue weighted by molar-refractivity contribution is 0.170. The summed E-state index contributed by atoms with van der Waals surface area (Å²) in [6.07, 6.45) is 1.12. The first-order valence-corrected chi connectivity index (χ1v) is 7.41. The van der Waals surface area contributed by atoms with Gasteiger partial charge in [0.25, 0.3) is 0 Å². The van der Waals surface area contributed by atoms with Crippen LogP contribution in [0.2, 0.25) is 0 Å². The molecule has 0 bridgehead atoms. The third kappa shape index (κ3) is 5.80. The number of aliphatic hydroxyl groups excluding tert-OH is 1. The van der Waals surface area contributed by atoms with Crippen LogP contribution in [0.25, 0.3) is 0 Å². The van der Waals surface area contributed by atoms with Gasteiger partial charge in [0, 0.05) is 19.1 Å². The normalized spacial score (nSPS) is 12.2. The third-order valence-corrected chi connectivity index (χ3v) is 2.90. The standard InChI is InChI=1S/C16H27NO3/c1-4-8-17-10-14-6-7-15(16(9-14)19-5-2)20-12-13(3)11-18/h6-7,9,13,17-18H,4-5,8,10-12H2,1-3H3. The van der Waals surface area contributed by atoms with E-state index in [1.54, 1.807) is 0 Å². The summed E-state index contributed by atoms with van der Waals surface area (Å²) in [5, 5.41) is 12.4. The van der Waals surface area contributed by atoms with Crippen molar-refractivity contribution in [1.29, 1.82) is 0 Å². The van der Waals surface area contributed by atoms with Gasteiger partial charge in [0.2, 0.25) is 0 Å². The van der Waals surface area contributed by atoms with E-state index in [9.17, 15) is 0 Å². The average Bonchev–Trinajstić information content (AvgIpc) is 2.46. The number of hydrogen-bond donors (Lipinski definition) is 2. The van der Waals surface area contributed by atoms with Crippen molar-refractivity contribution in [2.45, 2.75) is 33.7 Å². The van der Waals surface area contributed by atoms with E-state index in [-0.39, 0.29) is 12.5 Å². The van der Waals surface area contributed by atoms with Crippen molar-refractivity contribution >= 4 is 0 Å². The topological polar surface area (TPSA) is 50.7 Å². The SMILES string of the molecule is CCCNCc1ccc(OCC(C)CO)c(OCC)c1. The van der Waals surface area contributed by atoms with Crippen LogP contribution in [0.4, 0.5) is 0 Å². The molecule has 1 aromatic carbocycles. The van der Waals surface area contributed by atoms with Crippen molar-refractivity contribution in [1.82, 2.24) is 5.32 Å². The lowest BCUT2D eigenvalue weighted by Gasteiger charge is -2.15. The first-order chi connectivity index (χ1) is 9.71. The van der Waals surface area contributed by atoms with Gasteiger partial charge in [0.05, 0.1) is 13.2 Å². The highest BCUT2D eigenvalue weighted by Crippen LogP contribution is 2.29. The van der Waals surface area contributed by atoms with Crippen molar-refractivity contribution in [2.75, 3.05) is 26.4 Å². The lowest BCUT2D eigenvalue weighted by atomic mass is 10.2. The molecule has 0 aromatic heterocycles. The third-order valence-electron chi connectivity index (χ3n) is 2.90. The number of aliphatic hydroxyl groups is 1. The van der Waals surface area contributed by atoms with Crippen LogP contribution in [-0.4, -0.2) is 31.5 Å². The molecule has 2 N–H and O–H groups in total. The van der Waals surface area contributed by atoms with Gasteiger partial charge in [0.15, 0.2) is 11.5 Å². The van der Waals surface area contributed by atoms with Gasteiger partial charge in [-0.15, -0.1) is 0 Å². The summed E-state index contributed by atoms with van der Waals surface area (Å²) in [5.74, 6) is 1.63. The molecule has 1 aromatic rings. The van der Waals surface area contributed by atoms with E-state index in [0.29, 0.717) is 13.2 Å². The summed E-state index contributed by atoms with van der Waals surface area (Å²) < 4.78 is 11.4. The maximum atomic E-state index is 9.03. The minimum absolute atomic E-state index is 0.121. The Bertz CT molecular complexity index is 382. The van der Waals surface area contributed by atoms with Gasteiger partial charge in [-0.2, -0.15) is 0 Å². The van der Waals surface area contributed by atoms with Crippen LogP contribution in [0.1, 0.15) is 32.8 Å². The molecular formula is C16H27NO3. The second kappa shape index (κ2) is 9.61. The minimum Gasteiger partial charge on any atom is -0.490 e. The van der Waals surface area contributed by atoms with Crippen LogP contribution in [0.3, 0.4) is 0 Å². The Labute approximate surface area is 122 Å². The fraction of sp³-hybridized carbons (Fsp3) is 0.625. The van der Waals surface area contributed by atoms with Crippen molar-refractivity contribution in [3.8, 4) is 11.5 Å². The summed E-state index contributed by atoms with van der Waals surface area (Å²) >= 11 is 0. The smallest absolute Gasteiger partial charge is 0.161 e. The van der Waals surface area contributed by atoms with Crippen molar-refractivity contribution in [3.63, 3.8) is 0 Å². The maximum Gasteiger partial charge on any atom is 0.161 e. The van der Waals surface area contributed by atoms with Crippen molar-refractivity contribution < 1.29 is 14.6 Å². The maximum absolute atomic E-state index is 9.03. The molecule has 114 valence electrons. The zero-order chi connectivity index (χ0) is 14.8. The Kier molecular flexibility index (Phi) is 8.07. The molecule has 20 heavy (non-hydrogen) atoms. The number of nitrogens with one attached hydrogen (secondary N) is 1. The van der Waals surface area contributed by atoms with Crippen LogP contribution in [0, 0.1) is 5.92 Å². The Morgan fingerprint density at radius 3 is 2.65 bits per heavy atom. The monoisotopic (exact) mass is 281 g/mol. The Morgan fingerprint density at radius 1 is 1.20 bits per heavy atom. The number of hydrogen-bond acceptors (Lipinski definition) is 4.